The Labute approximate surface area is 137 Å². The molecule has 0 bridgehead atoms. The highest BCUT2D eigenvalue weighted by molar-refractivity contribution is 5.95. The van der Waals surface area contributed by atoms with E-state index in [4.69, 9.17) is 4.74 Å². The normalized spacial score (nSPS) is 23.5. The number of methoxy groups -OCH3 is 1. The van der Waals surface area contributed by atoms with Gasteiger partial charge in [0.1, 0.15) is 0 Å². The molecule has 2 aliphatic heterocycles. The lowest BCUT2D eigenvalue weighted by Gasteiger charge is -2.25. The van der Waals surface area contributed by atoms with Crippen molar-refractivity contribution in [3.05, 3.63) is 35.4 Å². The van der Waals surface area contributed by atoms with Crippen molar-refractivity contribution in [1.29, 1.82) is 0 Å². The van der Waals surface area contributed by atoms with E-state index in [0.29, 0.717) is 25.1 Å². The third-order valence-electron chi connectivity index (χ3n) is 5.02. The molecule has 5 nitrogen and oxygen atoms in total. The number of rotatable bonds is 5. The molecule has 0 aromatic heterocycles. The van der Waals surface area contributed by atoms with Crippen LogP contribution in [0.3, 0.4) is 0 Å². The van der Waals surface area contributed by atoms with Crippen molar-refractivity contribution in [3.63, 3.8) is 0 Å². The van der Waals surface area contributed by atoms with Gasteiger partial charge >= 0.3 is 0 Å². The molecule has 2 atom stereocenters. The van der Waals surface area contributed by atoms with Crippen LogP contribution >= 0.6 is 0 Å². The third kappa shape index (κ3) is 2.98. The molecule has 1 aromatic carbocycles. The quantitative estimate of drug-likeness (QED) is 0.831. The van der Waals surface area contributed by atoms with Crippen molar-refractivity contribution in [2.75, 3.05) is 26.8 Å². The Morgan fingerprint density at radius 2 is 2.00 bits per heavy atom. The smallest absolute Gasteiger partial charge is 0.254 e. The highest BCUT2D eigenvalue weighted by Gasteiger charge is 2.48. The summed E-state index contributed by atoms with van der Waals surface area (Å²) in [7, 11) is 1.64. The number of amides is 2. The molecule has 0 spiro atoms. The van der Waals surface area contributed by atoms with Crippen molar-refractivity contribution in [2.45, 2.75) is 38.3 Å². The molecule has 3 rings (SSSR count). The molecule has 2 heterocycles. The highest BCUT2D eigenvalue weighted by atomic mass is 16.5. The van der Waals surface area contributed by atoms with Crippen LogP contribution in [0, 0.1) is 0 Å². The molecule has 0 unspecified atom stereocenters. The van der Waals surface area contributed by atoms with Crippen LogP contribution in [0.2, 0.25) is 0 Å². The van der Waals surface area contributed by atoms with E-state index in [1.807, 2.05) is 34.1 Å². The van der Waals surface area contributed by atoms with Crippen LogP contribution in [-0.2, 0) is 16.0 Å². The molecular formula is C18H24N2O3. The summed E-state index contributed by atoms with van der Waals surface area (Å²) in [6.45, 7) is 3.98. The number of nitrogens with zero attached hydrogens (tertiary/aromatic N) is 2. The summed E-state index contributed by atoms with van der Waals surface area (Å²) >= 11 is 0. The first-order valence-electron chi connectivity index (χ1n) is 8.34. The standard InChI is InChI=1S/C18H24N2O3/c1-3-13-4-6-14(7-5-13)18(22)20-9-8-15-16(20)12-17(21)19(15)10-11-23-2/h4-7,15-16H,3,8-12H2,1-2H3/t15-,16-/m0/s1. The number of hydrogen-bond acceptors (Lipinski definition) is 3. The van der Waals surface area contributed by atoms with Crippen molar-refractivity contribution in [2.24, 2.45) is 0 Å². The highest BCUT2D eigenvalue weighted by Crippen LogP contribution is 2.33. The molecular weight excluding hydrogens is 292 g/mol. The van der Waals surface area contributed by atoms with Gasteiger partial charge in [0.25, 0.3) is 5.91 Å². The second kappa shape index (κ2) is 6.71. The number of ether oxygens (including phenoxy) is 1. The van der Waals surface area contributed by atoms with E-state index in [1.54, 1.807) is 7.11 Å². The average Bonchev–Trinajstić information content (AvgIpc) is 3.11. The Balaban J connectivity index is 1.72. The summed E-state index contributed by atoms with van der Waals surface area (Å²) in [5.74, 6) is 0.178. The van der Waals surface area contributed by atoms with Crippen LogP contribution in [0.1, 0.15) is 35.7 Å². The SMILES string of the molecule is CCc1ccc(C(=O)N2CC[C@H]3[C@@H]2CC(=O)N3CCOC)cc1. The van der Waals surface area contributed by atoms with Crippen LogP contribution in [0.25, 0.3) is 0 Å². The minimum atomic E-state index is 0.0118. The van der Waals surface area contributed by atoms with Gasteiger partial charge in [0.05, 0.1) is 18.7 Å². The topological polar surface area (TPSA) is 49.9 Å². The molecule has 2 amide bonds. The van der Waals surface area contributed by atoms with Gasteiger partial charge in [-0.3, -0.25) is 9.59 Å². The van der Waals surface area contributed by atoms with E-state index < -0.39 is 0 Å². The molecule has 0 aliphatic carbocycles. The molecule has 2 aliphatic rings. The fourth-order valence-corrected chi connectivity index (χ4v) is 3.71. The lowest BCUT2D eigenvalue weighted by Crippen LogP contribution is -2.40. The summed E-state index contributed by atoms with van der Waals surface area (Å²) in [6.07, 6.45) is 2.26. The monoisotopic (exact) mass is 316 g/mol. The van der Waals surface area contributed by atoms with Gasteiger partial charge in [-0.2, -0.15) is 0 Å². The molecule has 5 heteroatoms. The molecule has 0 N–H and O–H groups in total. The Bertz CT molecular complexity index is 584. The maximum Gasteiger partial charge on any atom is 0.254 e. The predicted molar refractivity (Wildman–Crippen MR) is 87.3 cm³/mol. The number of benzene rings is 1. The van der Waals surface area contributed by atoms with Crippen LogP contribution in [0.15, 0.2) is 24.3 Å². The molecule has 2 saturated heterocycles. The minimum absolute atomic E-state index is 0.0118. The van der Waals surface area contributed by atoms with Gasteiger partial charge in [0.2, 0.25) is 5.91 Å². The van der Waals surface area contributed by atoms with Gasteiger partial charge < -0.3 is 14.5 Å². The van der Waals surface area contributed by atoms with Gasteiger partial charge in [-0.05, 0) is 30.5 Å². The first-order valence-corrected chi connectivity index (χ1v) is 8.34. The fraction of sp³-hybridized carbons (Fsp3) is 0.556. The average molecular weight is 316 g/mol. The Morgan fingerprint density at radius 3 is 2.65 bits per heavy atom. The van der Waals surface area contributed by atoms with Crippen LogP contribution in [0.4, 0.5) is 0 Å². The second-order valence-electron chi connectivity index (χ2n) is 6.26. The Morgan fingerprint density at radius 1 is 1.26 bits per heavy atom. The Kier molecular flexibility index (Phi) is 4.66. The van der Waals surface area contributed by atoms with Crippen LogP contribution in [-0.4, -0.2) is 60.5 Å². The largest absolute Gasteiger partial charge is 0.383 e. The van der Waals surface area contributed by atoms with Gasteiger partial charge in [0, 0.05) is 32.2 Å². The maximum atomic E-state index is 12.8. The summed E-state index contributed by atoms with van der Waals surface area (Å²) in [6, 6.07) is 7.97. The maximum absolute atomic E-state index is 12.8. The molecule has 1 aromatic rings. The summed E-state index contributed by atoms with van der Waals surface area (Å²) in [4.78, 5) is 28.8. The van der Waals surface area contributed by atoms with E-state index in [0.717, 1.165) is 19.4 Å². The zero-order chi connectivity index (χ0) is 16.4. The molecule has 23 heavy (non-hydrogen) atoms. The van der Waals surface area contributed by atoms with Crippen LogP contribution < -0.4 is 0 Å². The first-order chi connectivity index (χ1) is 11.2. The van der Waals surface area contributed by atoms with Crippen molar-refractivity contribution >= 4 is 11.8 Å². The third-order valence-corrected chi connectivity index (χ3v) is 5.02. The second-order valence-corrected chi connectivity index (χ2v) is 6.26. The lowest BCUT2D eigenvalue weighted by atomic mass is 10.1. The minimum Gasteiger partial charge on any atom is -0.383 e. The van der Waals surface area contributed by atoms with E-state index >= 15 is 0 Å². The van der Waals surface area contributed by atoms with E-state index in [1.165, 1.54) is 5.56 Å². The van der Waals surface area contributed by atoms with Crippen molar-refractivity contribution in [1.82, 2.24) is 9.80 Å². The number of likely N-dealkylation sites (tertiary alicyclic amines) is 2. The van der Waals surface area contributed by atoms with Gasteiger partial charge in [0.15, 0.2) is 0 Å². The molecule has 2 fully saturated rings. The Hall–Kier alpha value is -1.88. The molecule has 0 saturated carbocycles. The number of carbonyl (C=O) groups is 2. The number of carbonyl (C=O) groups excluding carboxylic acids is 2. The predicted octanol–water partition coefficient (Wildman–Crippen LogP) is 1.71. The van der Waals surface area contributed by atoms with Crippen LogP contribution in [0.5, 0.6) is 0 Å². The lowest BCUT2D eigenvalue weighted by molar-refractivity contribution is -0.129. The van der Waals surface area contributed by atoms with Crippen molar-refractivity contribution in [3.8, 4) is 0 Å². The zero-order valence-corrected chi connectivity index (χ0v) is 13.8. The first kappa shape index (κ1) is 16.0. The van der Waals surface area contributed by atoms with E-state index in [9.17, 15) is 9.59 Å². The summed E-state index contributed by atoms with van der Waals surface area (Å²) in [5.41, 5.74) is 1.94. The molecule has 0 radical (unpaired) electrons. The van der Waals surface area contributed by atoms with Crippen molar-refractivity contribution < 1.29 is 14.3 Å². The summed E-state index contributed by atoms with van der Waals surface area (Å²) < 4.78 is 5.09. The van der Waals surface area contributed by atoms with E-state index in [2.05, 4.69) is 6.92 Å². The van der Waals surface area contributed by atoms with Gasteiger partial charge in [-0.15, -0.1) is 0 Å². The fourth-order valence-electron chi connectivity index (χ4n) is 3.71. The van der Waals surface area contributed by atoms with Gasteiger partial charge in [-0.1, -0.05) is 19.1 Å². The van der Waals surface area contributed by atoms with E-state index in [-0.39, 0.29) is 23.9 Å². The zero-order valence-electron chi connectivity index (χ0n) is 13.8. The number of aryl methyl sites for hydroxylation is 1. The molecule has 124 valence electrons. The summed E-state index contributed by atoms with van der Waals surface area (Å²) in [5, 5.41) is 0. The number of fused-ring (bicyclic) bond motifs is 1. The van der Waals surface area contributed by atoms with Gasteiger partial charge in [-0.25, -0.2) is 0 Å². The number of hydrogen-bond donors (Lipinski definition) is 0.